The maximum atomic E-state index is 11.0. The summed E-state index contributed by atoms with van der Waals surface area (Å²) in [4.78, 5) is 11.0. The molecule has 2 aromatic rings. The molecule has 0 bridgehead atoms. The lowest BCUT2D eigenvalue weighted by molar-refractivity contribution is 0.100. The highest BCUT2D eigenvalue weighted by molar-refractivity contribution is 6.32. The third-order valence-corrected chi connectivity index (χ3v) is 3.14. The zero-order valence-electron chi connectivity index (χ0n) is 11.0. The lowest BCUT2D eigenvalue weighted by atomic mass is 10.1. The van der Waals surface area contributed by atoms with E-state index in [0.29, 0.717) is 22.1 Å². The van der Waals surface area contributed by atoms with E-state index in [-0.39, 0.29) is 6.04 Å². The van der Waals surface area contributed by atoms with Gasteiger partial charge in [0.1, 0.15) is 11.5 Å². The fourth-order valence-corrected chi connectivity index (χ4v) is 1.92. The van der Waals surface area contributed by atoms with Crippen molar-refractivity contribution in [3.8, 4) is 11.5 Å². The summed E-state index contributed by atoms with van der Waals surface area (Å²) in [5.74, 6) is 0.629. The second-order valence-corrected chi connectivity index (χ2v) is 4.88. The zero-order chi connectivity index (χ0) is 14.7. The molecule has 2 rings (SSSR count). The van der Waals surface area contributed by atoms with Crippen molar-refractivity contribution in [2.45, 2.75) is 13.0 Å². The van der Waals surface area contributed by atoms with Gasteiger partial charge in [-0.1, -0.05) is 17.7 Å². The number of hydrogen-bond acceptors (Lipinski definition) is 3. The molecule has 0 fully saturated rings. The van der Waals surface area contributed by atoms with Crippen molar-refractivity contribution in [2.75, 3.05) is 0 Å². The predicted octanol–water partition coefficient (Wildman–Crippen LogP) is 3.25. The largest absolute Gasteiger partial charge is 0.456 e. The average molecular weight is 291 g/mol. The van der Waals surface area contributed by atoms with Crippen molar-refractivity contribution < 1.29 is 9.53 Å². The Bertz CT molecular complexity index is 624. The van der Waals surface area contributed by atoms with E-state index in [9.17, 15) is 4.79 Å². The first-order valence-corrected chi connectivity index (χ1v) is 6.48. The van der Waals surface area contributed by atoms with Crippen LogP contribution in [0.5, 0.6) is 11.5 Å². The number of nitrogens with two attached hydrogens (primary N) is 2. The van der Waals surface area contributed by atoms with Crippen LogP contribution in [0, 0.1) is 0 Å². The molecule has 0 aliphatic heterocycles. The van der Waals surface area contributed by atoms with Crippen LogP contribution < -0.4 is 16.2 Å². The number of hydrogen-bond donors (Lipinski definition) is 2. The molecule has 4 N–H and O–H groups in total. The van der Waals surface area contributed by atoms with Gasteiger partial charge in [-0.3, -0.25) is 4.79 Å². The van der Waals surface area contributed by atoms with Gasteiger partial charge < -0.3 is 16.2 Å². The van der Waals surface area contributed by atoms with E-state index >= 15 is 0 Å². The minimum absolute atomic E-state index is 0.0867. The smallest absolute Gasteiger partial charge is 0.248 e. The molecule has 1 atom stereocenters. The first kappa shape index (κ1) is 14.4. The Labute approximate surface area is 122 Å². The van der Waals surface area contributed by atoms with Crippen LogP contribution in [-0.2, 0) is 0 Å². The summed E-state index contributed by atoms with van der Waals surface area (Å²) in [5, 5.41) is 0.485. The molecule has 5 heteroatoms. The Kier molecular flexibility index (Phi) is 4.27. The van der Waals surface area contributed by atoms with Gasteiger partial charge in [0.05, 0.1) is 5.02 Å². The van der Waals surface area contributed by atoms with E-state index in [4.69, 9.17) is 27.8 Å². The summed E-state index contributed by atoms with van der Waals surface area (Å²) in [6.45, 7) is 1.88. The van der Waals surface area contributed by atoms with Crippen LogP contribution in [0.4, 0.5) is 0 Å². The fraction of sp³-hybridized carbons (Fsp3) is 0.133. The average Bonchev–Trinajstić information content (AvgIpc) is 2.41. The second-order valence-electron chi connectivity index (χ2n) is 4.47. The molecule has 4 nitrogen and oxygen atoms in total. The van der Waals surface area contributed by atoms with Crippen LogP contribution in [0.1, 0.15) is 28.9 Å². The van der Waals surface area contributed by atoms with E-state index < -0.39 is 5.91 Å². The van der Waals surface area contributed by atoms with Crippen LogP contribution in [0.3, 0.4) is 0 Å². The molecule has 0 aliphatic rings. The Morgan fingerprint density at radius 3 is 2.35 bits per heavy atom. The third-order valence-electron chi connectivity index (χ3n) is 2.85. The fourth-order valence-electron chi connectivity index (χ4n) is 1.70. The van der Waals surface area contributed by atoms with Gasteiger partial charge in [-0.15, -0.1) is 0 Å². The zero-order valence-corrected chi connectivity index (χ0v) is 11.7. The van der Waals surface area contributed by atoms with Gasteiger partial charge >= 0.3 is 0 Å². The summed E-state index contributed by atoms with van der Waals surface area (Å²) >= 11 is 6.15. The van der Waals surface area contributed by atoms with Gasteiger partial charge in [-0.05, 0) is 48.9 Å². The molecule has 0 saturated carbocycles. The molecule has 0 spiro atoms. The van der Waals surface area contributed by atoms with Gasteiger partial charge in [-0.25, -0.2) is 0 Å². The molecule has 0 heterocycles. The summed E-state index contributed by atoms with van der Waals surface area (Å²) in [7, 11) is 0. The SMILES string of the molecule is C[C@H](N)c1ccc(Oc2ccc(C(N)=O)cc2)c(Cl)c1. The van der Waals surface area contributed by atoms with Gasteiger partial charge in [0.15, 0.2) is 0 Å². The van der Waals surface area contributed by atoms with Crippen LogP contribution in [0.25, 0.3) is 0 Å². The molecule has 0 aromatic heterocycles. The monoisotopic (exact) mass is 290 g/mol. The first-order chi connectivity index (χ1) is 9.47. The summed E-state index contributed by atoms with van der Waals surface area (Å²) in [5.41, 5.74) is 12.3. The highest BCUT2D eigenvalue weighted by atomic mass is 35.5. The Hall–Kier alpha value is -2.04. The molecular weight excluding hydrogens is 276 g/mol. The van der Waals surface area contributed by atoms with Crippen LogP contribution in [0.2, 0.25) is 5.02 Å². The Morgan fingerprint density at radius 1 is 1.20 bits per heavy atom. The summed E-state index contributed by atoms with van der Waals surface area (Å²) in [6.07, 6.45) is 0. The highest BCUT2D eigenvalue weighted by Gasteiger charge is 2.07. The van der Waals surface area contributed by atoms with Gasteiger partial charge in [-0.2, -0.15) is 0 Å². The quantitative estimate of drug-likeness (QED) is 0.907. The van der Waals surface area contributed by atoms with E-state index in [1.807, 2.05) is 13.0 Å². The number of benzene rings is 2. The molecule has 0 aliphatic carbocycles. The number of carbonyl (C=O) groups is 1. The number of amides is 1. The molecule has 0 unspecified atom stereocenters. The maximum absolute atomic E-state index is 11.0. The number of carbonyl (C=O) groups excluding carboxylic acids is 1. The molecule has 0 radical (unpaired) electrons. The minimum atomic E-state index is -0.476. The van der Waals surface area contributed by atoms with Crippen molar-refractivity contribution in [3.63, 3.8) is 0 Å². The van der Waals surface area contributed by atoms with Crippen LogP contribution in [-0.4, -0.2) is 5.91 Å². The normalized spacial score (nSPS) is 11.9. The molecule has 2 aromatic carbocycles. The molecule has 0 saturated heterocycles. The van der Waals surface area contributed by atoms with Crippen molar-refractivity contribution >= 4 is 17.5 Å². The highest BCUT2D eigenvalue weighted by Crippen LogP contribution is 2.31. The summed E-state index contributed by atoms with van der Waals surface area (Å²) < 4.78 is 5.65. The Morgan fingerprint density at radius 2 is 1.85 bits per heavy atom. The van der Waals surface area contributed by atoms with E-state index in [2.05, 4.69) is 0 Å². The van der Waals surface area contributed by atoms with Gasteiger partial charge in [0.2, 0.25) is 5.91 Å². The first-order valence-electron chi connectivity index (χ1n) is 6.10. The van der Waals surface area contributed by atoms with E-state index in [0.717, 1.165) is 5.56 Å². The number of rotatable bonds is 4. The van der Waals surface area contributed by atoms with E-state index in [1.54, 1.807) is 36.4 Å². The molecule has 1 amide bonds. The van der Waals surface area contributed by atoms with Crippen molar-refractivity contribution in [3.05, 3.63) is 58.6 Å². The molecule has 104 valence electrons. The topological polar surface area (TPSA) is 78.3 Å². The minimum Gasteiger partial charge on any atom is -0.456 e. The Balaban J connectivity index is 2.19. The molecular formula is C15H15ClN2O2. The van der Waals surface area contributed by atoms with Gasteiger partial charge in [0, 0.05) is 11.6 Å². The van der Waals surface area contributed by atoms with Crippen molar-refractivity contribution in [1.82, 2.24) is 0 Å². The molecule has 20 heavy (non-hydrogen) atoms. The number of ether oxygens (including phenoxy) is 1. The van der Waals surface area contributed by atoms with Gasteiger partial charge in [0.25, 0.3) is 0 Å². The number of halogens is 1. The standard InChI is InChI=1S/C15H15ClN2O2/c1-9(17)11-4-7-14(13(16)8-11)20-12-5-2-10(3-6-12)15(18)19/h2-9H,17H2,1H3,(H2,18,19)/t9-/m0/s1. The maximum Gasteiger partial charge on any atom is 0.248 e. The summed E-state index contributed by atoms with van der Waals surface area (Å²) in [6, 6.07) is 11.8. The van der Waals surface area contributed by atoms with Crippen molar-refractivity contribution in [2.24, 2.45) is 11.5 Å². The lowest BCUT2D eigenvalue weighted by Crippen LogP contribution is -2.10. The third kappa shape index (κ3) is 3.29. The van der Waals surface area contributed by atoms with E-state index in [1.165, 1.54) is 0 Å². The van der Waals surface area contributed by atoms with Crippen molar-refractivity contribution in [1.29, 1.82) is 0 Å². The van der Waals surface area contributed by atoms with Crippen LogP contribution in [0.15, 0.2) is 42.5 Å². The predicted molar refractivity (Wildman–Crippen MR) is 79.1 cm³/mol. The second kappa shape index (κ2) is 5.94. The lowest BCUT2D eigenvalue weighted by Gasteiger charge is -2.11. The number of primary amides is 1. The van der Waals surface area contributed by atoms with Crippen LogP contribution >= 0.6 is 11.6 Å².